The Morgan fingerprint density at radius 1 is 0.974 bits per heavy atom. The number of hydrogen-bond acceptors (Lipinski definition) is 5. The maximum absolute atomic E-state index is 12.2. The summed E-state index contributed by atoms with van der Waals surface area (Å²) in [5.74, 6) is 0.898. The molecular weight excluding hydrogens is 508 g/mol. The molecule has 6 heteroatoms. The lowest BCUT2D eigenvalue weighted by atomic mass is 9.43. The van der Waals surface area contributed by atoms with Gasteiger partial charge in [0.1, 0.15) is 6.10 Å². The second-order valence-electron chi connectivity index (χ2n) is 15.0. The van der Waals surface area contributed by atoms with Crippen molar-refractivity contribution >= 4 is 16.1 Å². The van der Waals surface area contributed by atoms with Crippen LogP contribution in [-0.4, -0.2) is 32.9 Å². The van der Waals surface area contributed by atoms with E-state index >= 15 is 0 Å². The molecule has 222 valence electrons. The van der Waals surface area contributed by atoms with E-state index in [1.807, 2.05) is 0 Å². The van der Waals surface area contributed by atoms with Crippen molar-refractivity contribution < 1.29 is 22.1 Å². The summed E-state index contributed by atoms with van der Waals surface area (Å²) in [6.07, 6.45) is 12.4. The van der Waals surface area contributed by atoms with Gasteiger partial charge in [-0.2, -0.15) is 8.42 Å². The molecule has 0 heterocycles. The fraction of sp³-hybridized carbons (Fsp3) is 0.848. The van der Waals surface area contributed by atoms with Crippen molar-refractivity contribution in [2.75, 3.05) is 6.26 Å². The van der Waals surface area contributed by atoms with Crippen LogP contribution in [0.3, 0.4) is 0 Å². The number of carbonyl (C=O) groups excluding carboxylic acids is 1. The lowest BCUT2D eigenvalue weighted by Crippen LogP contribution is -2.56. The van der Waals surface area contributed by atoms with Gasteiger partial charge in [0.15, 0.2) is 0 Å². The molecule has 0 aromatic heterocycles. The SMILES string of the molecule is CC(=O)O[C@H]1CC[C@]2(C)C3=C(CC[C@H]2C1(C)C)[C@]1(C)CC[C@H](C(C)C(CC=C(C)C)OS(C)(=O)=O)[C@@]1(C)CC3. The predicted molar refractivity (Wildman–Crippen MR) is 158 cm³/mol. The van der Waals surface area contributed by atoms with Gasteiger partial charge in [0, 0.05) is 12.3 Å². The summed E-state index contributed by atoms with van der Waals surface area (Å²) in [7, 11) is -3.54. The van der Waals surface area contributed by atoms with E-state index in [-0.39, 0.29) is 45.8 Å². The zero-order chi connectivity index (χ0) is 29.2. The Morgan fingerprint density at radius 3 is 2.23 bits per heavy atom. The van der Waals surface area contributed by atoms with E-state index in [9.17, 15) is 13.2 Å². The molecule has 4 aliphatic rings. The van der Waals surface area contributed by atoms with Crippen molar-refractivity contribution in [3.8, 4) is 0 Å². The van der Waals surface area contributed by atoms with Gasteiger partial charge in [-0.05, 0) is 106 Å². The Balaban J connectivity index is 1.67. The van der Waals surface area contributed by atoms with Crippen molar-refractivity contribution in [2.45, 2.75) is 132 Å². The molecule has 0 aromatic carbocycles. The minimum Gasteiger partial charge on any atom is -0.462 e. The summed E-state index contributed by atoms with van der Waals surface area (Å²) in [5, 5.41) is 0. The van der Waals surface area contributed by atoms with Crippen LogP contribution < -0.4 is 0 Å². The summed E-state index contributed by atoms with van der Waals surface area (Å²) >= 11 is 0. The normalized spacial score (nSPS) is 39.2. The van der Waals surface area contributed by atoms with Crippen LogP contribution >= 0.6 is 0 Å². The largest absolute Gasteiger partial charge is 0.462 e. The number of esters is 1. The van der Waals surface area contributed by atoms with Crippen molar-refractivity contribution in [2.24, 2.45) is 39.4 Å². The number of rotatable bonds is 7. The number of allylic oxidation sites excluding steroid dienone is 3. The van der Waals surface area contributed by atoms with E-state index in [2.05, 4.69) is 61.5 Å². The van der Waals surface area contributed by atoms with E-state index in [0.29, 0.717) is 18.3 Å². The van der Waals surface area contributed by atoms with Crippen LogP contribution in [0.25, 0.3) is 0 Å². The lowest BCUT2D eigenvalue weighted by molar-refractivity contribution is -0.167. The third-order valence-electron chi connectivity index (χ3n) is 12.3. The summed E-state index contributed by atoms with van der Waals surface area (Å²) in [6.45, 7) is 20.1. The fourth-order valence-electron chi connectivity index (χ4n) is 10.1. The van der Waals surface area contributed by atoms with Gasteiger partial charge < -0.3 is 4.74 Å². The van der Waals surface area contributed by atoms with Gasteiger partial charge in [-0.1, -0.05) is 64.3 Å². The number of hydrogen-bond donors (Lipinski definition) is 0. The molecule has 8 atom stereocenters. The first-order valence-electron chi connectivity index (χ1n) is 15.3. The molecule has 2 unspecified atom stereocenters. The second kappa shape index (κ2) is 10.3. The zero-order valence-corrected chi connectivity index (χ0v) is 27.1. The van der Waals surface area contributed by atoms with E-state index in [1.165, 1.54) is 18.8 Å². The van der Waals surface area contributed by atoms with E-state index in [1.54, 1.807) is 11.1 Å². The molecule has 2 fully saturated rings. The Kier molecular flexibility index (Phi) is 8.13. The van der Waals surface area contributed by atoms with Crippen LogP contribution in [0, 0.1) is 39.4 Å². The first-order valence-corrected chi connectivity index (χ1v) is 17.1. The van der Waals surface area contributed by atoms with Crippen LogP contribution in [0.4, 0.5) is 0 Å². The maximum Gasteiger partial charge on any atom is 0.302 e. The van der Waals surface area contributed by atoms with E-state index in [0.717, 1.165) is 51.4 Å². The van der Waals surface area contributed by atoms with Crippen LogP contribution in [0.5, 0.6) is 0 Å². The average Bonchev–Trinajstić information content (AvgIpc) is 3.08. The molecule has 5 nitrogen and oxygen atoms in total. The average molecular weight is 563 g/mol. The summed E-state index contributed by atoms with van der Waals surface area (Å²) < 4.78 is 36.1. The fourth-order valence-corrected chi connectivity index (χ4v) is 10.8. The van der Waals surface area contributed by atoms with Gasteiger partial charge >= 0.3 is 5.97 Å². The highest BCUT2D eigenvalue weighted by Crippen LogP contribution is 2.72. The quantitative estimate of drug-likeness (QED) is 0.179. The standard InChI is InChI=1S/C33H54O5S/c1-21(2)11-13-27(38-39(10,35)36)22(3)24-15-19-33(9)26-12-14-28-30(5,6)29(37-23(4)34)17-18-31(28,7)25(26)16-20-32(24,33)8/h11,22,24,27-29H,12-20H2,1-10H3/t22?,24-,27?,28+,29+,31-,32-,33+/m1/s1. The van der Waals surface area contributed by atoms with Gasteiger partial charge in [-0.15, -0.1) is 0 Å². The minimum atomic E-state index is -3.54. The zero-order valence-electron chi connectivity index (χ0n) is 26.3. The highest BCUT2D eigenvalue weighted by Gasteiger charge is 2.64. The van der Waals surface area contributed by atoms with Crippen LogP contribution in [0.15, 0.2) is 22.8 Å². The van der Waals surface area contributed by atoms with Gasteiger partial charge in [0.25, 0.3) is 10.1 Å². The molecule has 4 aliphatic carbocycles. The van der Waals surface area contributed by atoms with Crippen LogP contribution in [0.1, 0.15) is 120 Å². The molecule has 0 radical (unpaired) electrons. The molecule has 0 N–H and O–H groups in total. The van der Waals surface area contributed by atoms with Crippen molar-refractivity contribution in [1.82, 2.24) is 0 Å². The Morgan fingerprint density at radius 2 is 1.64 bits per heavy atom. The topological polar surface area (TPSA) is 69.7 Å². The molecule has 0 spiro atoms. The summed E-state index contributed by atoms with van der Waals surface area (Å²) in [6, 6.07) is 0. The third-order valence-corrected chi connectivity index (χ3v) is 12.9. The van der Waals surface area contributed by atoms with Gasteiger partial charge in [0.2, 0.25) is 0 Å². The third kappa shape index (κ3) is 5.19. The summed E-state index contributed by atoms with van der Waals surface area (Å²) in [5.41, 5.74) is 4.93. The first kappa shape index (κ1) is 30.8. The van der Waals surface area contributed by atoms with Crippen molar-refractivity contribution in [1.29, 1.82) is 0 Å². The Bertz CT molecular complexity index is 1140. The van der Waals surface area contributed by atoms with E-state index in [4.69, 9.17) is 8.92 Å². The molecule has 0 saturated heterocycles. The molecule has 0 bridgehead atoms. The maximum atomic E-state index is 12.2. The Labute approximate surface area is 238 Å². The second-order valence-corrected chi connectivity index (χ2v) is 16.6. The van der Waals surface area contributed by atoms with Gasteiger partial charge in [-0.25, -0.2) is 0 Å². The molecule has 39 heavy (non-hydrogen) atoms. The predicted octanol–water partition coefficient (Wildman–Crippen LogP) is 8.00. The minimum absolute atomic E-state index is 0.0102. The number of carbonyl (C=O) groups is 1. The van der Waals surface area contributed by atoms with E-state index < -0.39 is 10.1 Å². The van der Waals surface area contributed by atoms with Gasteiger partial charge in [-0.3, -0.25) is 8.98 Å². The number of fused-ring (bicyclic) bond motifs is 4. The Hall–Kier alpha value is -1.14. The molecule has 2 saturated carbocycles. The van der Waals surface area contributed by atoms with Gasteiger partial charge in [0.05, 0.1) is 12.4 Å². The van der Waals surface area contributed by atoms with Crippen LogP contribution in [0.2, 0.25) is 0 Å². The van der Waals surface area contributed by atoms with Crippen molar-refractivity contribution in [3.63, 3.8) is 0 Å². The molecular formula is C33H54O5S. The smallest absolute Gasteiger partial charge is 0.302 e. The molecule has 0 aliphatic heterocycles. The summed E-state index contributed by atoms with van der Waals surface area (Å²) in [4.78, 5) is 11.9. The first-order chi connectivity index (χ1) is 17.9. The van der Waals surface area contributed by atoms with Crippen LogP contribution in [-0.2, 0) is 23.8 Å². The number of ether oxygens (including phenoxy) is 1. The molecule has 0 amide bonds. The highest BCUT2D eigenvalue weighted by atomic mass is 32.2. The molecule has 0 aromatic rings. The van der Waals surface area contributed by atoms with Crippen molar-refractivity contribution in [3.05, 3.63) is 22.8 Å². The lowest BCUT2D eigenvalue weighted by Gasteiger charge is -2.62. The highest BCUT2D eigenvalue weighted by molar-refractivity contribution is 7.86. The monoisotopic (exact) mass is 562 g/mol. The molecule has 4 rings (SSSR count).